The summed E-state index contributed by atoms with van der Waals surface area (Å²) in [4.78, 5) is 29.3. The Bertz CT molecular complexity index is 751. The fourth-order valence-corrected chi connectivity index (χ4v) is 3.45. The molecule has 1 aromatic carbocycles. The molecule has 0 saturated carbocycles. The van der Waals surface area contributed by atoms with E-state index in [4.69, 9.17) is 0 Å². The molecule has 0 unspecified atom stereocenters. The van der Waals surface area contributed by atoms with Crippen molar-refractivity contribution >= 4 is 23.3 Å². The minimum Gasteiger partial charge on any atom is -0.326 e. The number of carbonyl (C=O) groups excluding carboxylic acids is 2. The summed E-state index contributed by atoms with van der Waals surface area (Å²) in [6.45, 7) is 0.00619. The van der Waals surface area contributed by atoms with Crippen LogP contribution in [0.4, 0.5) is 13.6 Å². The van der Waals surface area contributed by atoms with Crippen molar-refractivity contribution < 1.29 is 18.4 Å². The van der Waals surface area contributed by atoms with E-state index in [0.717, 1.165) is 22.7 Å². The molecule has 0 bridgehead atoms. The summed E-state index contributed by atoms with van der Waals surface area (Å²) in [5, 5.41) is 5.00. The number of benzene rings is 1. The number of urea groups is 1. The molecule has 1 saturated heterocycles. The number of nitrogens with one attached hydrogen (secondary N) is 1. The smallest absolute Gasteiger partial charge is 0.325 e. The lowest BCUT2D eigenvalue weighted by atomic mass is 10.1. The fourth-order valence-electron chi connectivity index (χ4n) is 2.66. The van der Waals surface area contributed by atoms with Crippen LogP contribution in [0.25, 0.3) is 0 Å². The number of carbonyl (C=O) groups is 2. The predicted octanol–water partition coefficient (Wildman–Crippen LogP) is 3.00. The van der Waals surface area contributed by atoms with Gasteiger partial charge in [0.1, 0.15) is 6.04 Å². The second-order valence-corrected chi connectivity index (χ2v) is 6.71. The van der Waals surface area contributed by atoms with Gasteiger partial charge in [-0.05, 0) is 12.0 Å². The number of aryl methyl sites for hydroxylation is 2. The van der Waals surface area contributed by atoms with Gasteiger partial charge in [-0.3, -0.25) is 9.69 Å². The summed E-state index contributed by atoms with van der Waals surface area (Å²) in [5.41, 5.74) is 1.80. The summed E-state index contributed by atoms with van der Waals surface area (Å²) in [7, 11) is 0. The Kier molecular flexibility index (Phi) is 5.37. The number of rotatable bonds is 7. The lowest BCUT2D eigenvalue weighted by Gasteiger charge is -2.11. The molecule has 1 aliphatic heterocycles. The molecule has 0 spiro atoms. The number of halogens is 2. The molecule has 5 nitrogen and oxygen atoms in total. The van der Waals surface area contributed by atoms with Crippen LogP contribution in [0.1, 0.15) is 22.7 Å². The SMILES string of the molecule is O=C1N[C@@H](CC(F)F)C(=O)N1Cc1csc(CCc2ccccc2)n1. The van der Waals surface area contributed by atoms with E-state index in [9.17, 15) is 18.4 Å². The first-order chi connectivity index (χ1) is 12.0. The number of amides is 3. The first kappa shape index (κ1) is 17.5. The Morgan fingerprint density at radius 2 is 1.96 bits per heavy atom. The topological polar surface area (TPSA) is 62.3 Å². The van der Waals surface area contributed by atoms with Crippen molar-refractivity contribution in [1.29, 1.82) is 0 Å². The van der Waals surface area contributed by atoms with E-state index in [-0.39, 0.29) is 6.54 Å². The van der Waals surface area contributed by atoms with Crippen molar-refractivity contribution in [2.75, 3.05) is 0 Å². The van der Waals surface area contributed by atoms with Crippen molar-refractivity contribution in [3.63, 3.8) is 0 Å². The third-order valence-corrected chi connectivity index (χ3v) is 4.87. The Labute approximate surface area is 147 Å². The second kappa shape index (κ2) is 7.69. The zero-order valence-corrected chi connectivity index (χ0v) is 14.1. The molecule has 25 heavy (non-hydrogen) atoms. The van der Waals surface area contributed by atoms with Crippen molar-refractivity contribution in [2.24, 2.45) is 0 Å². The Morgan fingerprint density at radius 3 is 2.68 bits per heavy atom. The van der Waals surface area contributed by atoms with E-state index in [0.29, 0.717) is 5.69 Å². The van der Waals surface area contributed by atoms with E-state index in [1.54, 1.807) is 5.38 Å². The van der Waals surface area contributed by atoms with Gasteiger partial charge in [0.2, 0.25) is 6.43 Å². The first-order valence-electron chi connectivity index (χ1n) is 7.90. The van der Waals surface area contributed by atoms with Crippen LogP contribution < -0.4 is 5.32 Å². The van der Waals surface area contributed by atoms with Gasteiger partial charge in [0.05, 0.1) is 17.2 Å². The van der Waals surface area contributed by atoms with Crippen LogP contribution in [0.5, 0.6) is 0 Å². The molecule has 1 N–H and O–H groups in total. The number of hydrogen-bond acceptors (Lipinski definition) is 4. The third-order valence-electron chi connectivity index (χ3n) is 3.91. The first-order valence-corrected chi connectivity index (χ1v) is 8.78. The molecule has 3 rings (SSSR count). The van der Waals surface area contributed by atoms with Gasteiger partial charge in [0, 0.05) is 18.2 Å². The summed E-state index contributed by atoms with van der Waals surface area (Å²) in [5.74, 6) is -0.621. The van der Waals surface area contributed by atoms with E-state index in [2.05, 4.69) is 10.3 Å². The Morgan fingerprint density at radius 1 is 1.20 bits per heavy atom. The molecule has 0 radical (unpaired) electrons. The van der Waals surface area contributed by atoms with Gasteiger partial charge in [-0.25, -0.2) is 18.6 Å². The summed E-state index contributed by atoms with van der Waals surface area (Å²) >= 11 is 1.47. The summed E-state index contributed by atoms with van der Waals surface area (Å²) < 4.78 is 24.9. The number of thiazole rings is 1. The van der Waals surface area contributed by atoms with E-state index in [1.165, 1.54) is 16.9 Å². The highest BCUT2D eigenvalue weighted by atomic mass is 32.1. The second-order valence-electron chi connectivity index (χ2n) is 5.77. The highest BCUT2D eigenvalue weighted by Gasteiger charge is 2.39. The molecule has 1 atom stereocenters. The average Bonchev–Trinajstić information content (AvgIpc) is 3.14. The van der Waals surface area contributed by atoms with Crippen LogP contribution in [-0.4, -0.2) is 34.3 Å². The molecule has 2 heterocycles. The minimum atomic E-state index is -2.64. The maximum absolute atomic E-state index is 12.4. The Hall–Kier alpha value is -2.35. The summed E-state index contributed by atoms with van der Waals surface area (Å²) in [6, 6.07) is 8.23. The highest BCUT2D eigenvalue weighted by molar-refractivity contribution is 7.09. The van der Waals surface area contributed by atoms with Crippen LogP contribution in [0.2, 0.25) is 0 Å². The van der Waals surface area contributed by atoms with Crippen LogP contribution in [0, 0.1) is 0 Å². The quantitative estimate of drug-likeness (QED) is 0.768. The number of alkyl halides is 2. The minimum absolute atomic E-state index is 0.00619. The monoisotopic (exact) mass is 365 g/mol. The van der Waals surface area contributed by atoms with Gasteiger partial charge in [-0.2, -0.15) is 0 Å². The van der Waals surface area contributed by atoms with Crippen molar-refractivity contribution in [2.45, 2.75) is 38.3 Å². The number of hydrogen-bond donors (Lipinski definition) is 1. The van der Waals surface area contributed by atoms with Crippen molar-refractivity contribution in [3.8, 4) is 0 Å². The van der Waals surface area contributed by atoms with Crippen LogP contribution in [0.15, 0.2) is 35.7 Å². The van der Waals surface area contributed by atoms with Crippen LogP contribution >= 0.6 is 11.3 Å². The number of aromatic nitrogens is 1. The zero-order chi connectivity index (χ0) is 17.8. The molecule has 3 amide bonds. The molecule has 1 aromatic heterocycles. The molecule has 0 aliphatic carbocycles. The maximum atomic E-state index is 12.4. The molecular weight excluding hydrogens is 348 g/mol. The van der Waals surface area contributed by atoms with E-state index in [1.807, 2.05) is 30.3 Å². The van der Waals surface area contributed by atoms with Crippen LogP contribution in [-0.2, 0) is 24.2 Å². The van der Waals surface area contributed by atoms with Gasteiger partial charge in [0.15, 0.2) is 0 Å². The van der Waals surface area contributed by atoms with E-state index >= 15 is 0 Å². The Balaban J connectivity index is 1.57. The molecule has 2 aromatic rings. The van der Waals surface area contributed by atoms with Crippen molar-refractivity contribution in [3.05, 3.63) is 52.0 Å². The van der Waals surface area contributed by atoms with Gasteiger partial charge in [-0.1, -0.05) is 30.3 Å². The van der Waals surface area contributed by atoms with Gasteiger partial charge in [-0.15, -0.1) is 11.3 Å². The maximum Gasteiger partial charge on any atom is 0.325 e. The number of imide groups is 1. The predicted molar refractivity (Wildman–Crippen MR) is 89.5 cm³/mol. The highest BCUT2D eigenvalue weighted by Crippen LogP contribution is 2.19. The lowest BCUT2D eigenvalue weighted by molar-refractivity contribution is -0.128. The average molecular weight is 365 g/mol. The van der Waals surface area contributed by atoms with E-state index < -0.39 is 30.8 Å². The molecule has 1 aliphatic rings. The lowest BCUT2D eigenvalue weighted by Crippen LogP contribution is -2.32. The summed E-state index contributed by atoms with van der Waals surface area (Å²) in [6.07, 6.45) is -1.69. The zero-order valence-electron chi connectivity index (χ0n) is 13.3. The normalized spacial score (nSPS) is 17.4. The molecule has 8 heteroatoms. The van der Waals surface area contributed by atoms with Gasteiger partial charge >= 0.3 is 6.03 Å². The van der Waals surface area contributed by atoms with Gasteiger partial charge < -0.3 is 5.32 Å². The molecule has 1 fully saturated rings. The van der Waals surface area contributed by atoms with Crippen molar-refractivity contribution in [1.82, 2.24) is 15.2 Å². The molecular formula is C17H17F2N3O2S. The fraction of sp³-hybridized carbons (Fsp3) is 0.353. The van der Waals surface area contributed by atoms with Gasteiger partial charge in [0.25, 0.3) is 5.91 Å². The number of nitrogens with zero attached hydrogens (tertiary/aromatic N) is 2. The standard InChI is InChI=1S/C17H17F2N3O2S/c18-14(19)8-13-16(23)22(17(24)21-13)9-12-10-25-15(20-12)7-6-11-4-2-1-3-5-11/h1-5,10,13-14H,6-9H2,(H,21,24)/t13-/m0/s1. The van der Waals surface area contributed by atoms with Crippen LogP contribution in [0.3, 0.4) is 0 Å². The third kappa shape index (κ3) is 4.39. The largest absolute Gasteiger partial charge is 0.326 e. The molecule has 132 valence electrons.